The van der Waals surface area contributed by atoms with Crippen molar-refractivity contribution in [3.8, 4) is 5.75 Å². The van der Waals surface area contributed by atoms with Crippen molar-refractivity contribution < 1.29 is 9.53 Å². The van der Waals surface area contributed by atoms with E-state index in [1.165, 1.54) is 5.56 Å². The van der Waals surface area contributed by atoms with E-state index in [0.717, 1.165) is 24.4 Å². The molecule has 0 radical (unpaired) electrons. The Morgan fingerprint density at radius 1 is 1.12 bits per heavy atom. The standard InChI is InChI=1S/C19H25N3O2/c1-19(2,3)22-18(23)17-10-7-15(13-21-17)20-12-11-14-5-8-16(24-4)9-6-14/h5-10,13,20H,11-12H2,1-4H3,(H,22,23). The first kappa shape index (κ1) is 17.8. The molecule has 128 valence electrons. The van der Waals surface area contributed by atoms with Gasteiger partial charge in [-0.15, -0.1) is 0 Å². The van der Waals surface area contributed by atoms with Crippen LogP contribution in [0.2, 0.25) is 0 Å². The van der Waals surface area contributed by atoms with Crippen LogP contribution >= 0.6 is 0 Å². The van der Waals surface area contributed by atoms with Gasteiger partial charge in [0.1, 0.15) is 11.4 Å². The molecular formula is C19H25N3O2. The minimum Gasteiger partial charge on any atom is -0.497 e. The summed E-state index contributed by atoms with van der Waals surface area (Å²) in [6, 6.07) is 11.6. The second-order valence-electron chi connectivity index (χ2n) is 6.66. The summed E-state index contributed by atoms with van der Waals surface area (Å²) in [4.78, 5) is 16.2. The van der Waals surface area contributed by atoms with Gasteiger partial charge in [0.05, 0.1) is 19.0 Å². The maximum atomic E-state index is 12.0. The summed E-state index contributed by atoms with van der Waals surface area (Å²) >= 11 is 0. The number of nitrogens with zero attached hydrogens (tertiary/aromatic N) is 1. The smallest absolute Gasteiger partial charge is 0.270 e. The molecule has 0 saturated heterocycles. The summed E-state index contributed by atoms with van der Waals surface area (Å²) in [5, 5.41) is 6.21. The number of hydrogen-bond donors (Lipinski definition) is 2. The summed E-state index contributed by atoms with van der Waals surface area (Å²) in [5.41, 5.74) is 2.28. The first-order chi connectivity index (χ1) is 11.4. The van der Waals surface area contributed by atoms with Gasteiger partial charge >= 0.3 is 0 Å². The first-order valence-corrected chi connectivity index (χ1v) is 8.03. The van der Waals surface area contributed by atoms with Crippen LogP contribution in [0.3, 0.4) is 0 Å². The molecule has 1 aromatic carbocycles. The van der Waals surface area contributed by atoms with Gasteiger partial charge in [0.2, 0.25) is 0 Å². The predicted molar refractivity (Wildman–Crippen MR) is 96.6 cm³/mol. The summed E-state index contributed by atoms with van der Waals surface area (Å²) in [7, 11) is 1.66. The second-order valence-corrected chi connectivity index (χ2v) is 6.66. The molecule has 2 rings (SSSR count). The molecule has 0 aliphatic rings. The van der Waals surface area contributed by atoms with Crippen LogP contribution in [0.25, 0.3) is 0 Å². The maximum Gasteiger partial charge on any atom is 0.270 e. The number of hydrogen-bond acceptors (Lipinski definition) is 4. The summed E-state index contributed by atoms with van der Waals surface area (Å²) in [6.07, 6.45) is 2.59. The zero-order chi connectivity index (χ0) is 17.6. The highest BCUT2D eigenvalue weighted by Crippen LogP contribution is 2.12. The lowest BCUT2D eigenvalue weighted by molar-refractivity contribution is 0.0914. The molecule has 0 spiro atoms. The van der Waals surface area contributed by atoms with Gasteiger partial charge in [0.25, 0.3) is 5.91 Å². The molecule has 0 bridgehead atoms. The number of pyridine rings is 1. The molecule has 1 amide bonds. The number of anilines is 1. The lowest BCUT2D eigenvalue weighted by Gasteiger charge is -2.20. The van der Waals surface area contributed by atoms with Gasteiger partial charge in [-0.3, -0.25) is 4.79 Å². The fraction of sp³-hybridized carbons (Fsp3) is 0.368. The monoisotopic (exact) mass is 327 g/mol. The molecule has 0 atom stereocenters. The highest BCUT2D eigenvalue weighted by Gasteiger charge is 2.15. The van der Waals surface area contributed by atoms with Crippen molar-refractivity contribution in [2.75, 3.05) is 19.0 Å². The number of carbonyl (C=O) groups is 1. The van der Waals surface area contributed by atoms with Crippen LogP contribution in [0.4, 0.5) is 5.69 Å². The van der Waals surface area contributed by atoms with Crippen molar-refractivity contribution in [2.24, 2.45) is 0 Å². The van der Waals surface area contributed by atoms with Crippen LogP contribution in [-0.2, 0) is 6.42 Å². The SMILES string of the molecule is COc1ccc(CCNc2ccc(C(=O)NC(C)(C)C)nc2)cc1. The van der Waals surface area contributed by atoms with Crippen LogP contribution in [0.1, 0.15) is 36.8 Å². The third-order valence-corrected chi connectivity index (χ3v) is 3.39. The van der Waals surface area contributed by atoms with Crippen molar-refractivity contribution in [1.82, 2.24) is 10.3 Å². The van der Waals surface area contributed by atoms with E-state index in [1.54, 1.807) is 19.4 Å². The van der Waals surface area contributed by atoms with Crippen LogP contribution in [-0.4, -0.2) is 30.1 Å². The van der Waals surface area contributed by atoms with Crippen LogP contribution < -0.4 is 15.4 Å². The number of rotatable bonds is 6. The summed E-state index contributed by atoms with van der Waals surface area (Å²) in [5.74, 6) is 0.701. The molecule has 5 heteroatoms. The number of carbonyl (C=O) groups excluding carboxylic acids is 1. The number of methoxy groups -OCH3 is 1. The normalized spacial score (nSPS) is 11.0. The van der Waals surface area contributed by atoms with Gasteiger partial charge in [-0.1, -0.05) is 12.1 Å². The lowest BCUT2D eigenvalue weighted by Crippen LogP contribution is -2.40. The van der Waals surface area contributed by atoms with E-state index in [0.29, 0.717) is 5.69 Å². The van der Waals surface area contributed by atoms with Gasteiger partial charge in [-0.25, -0.2) is 4.98 Å². The van der Waals surface area contributed by atoms with Gasteiger partial charge in [0, 0.05) is 12.1 Å². The molecule has 0 saturated carbocycles. The lowest BCUT2D eigenvalue weighted by atomic mass is 10.1. The maximum absolute atomic E-state index is 12.0. The van der Waals surface area contributed by atoms with Crippen LogP contribution in [0.5, 0.6) is 5.75 Å². The quantitative estimate of drug-likeness (QED) is 0.855. The Morgan fingerprint density at radius 3 is 2.38 bits per heavy atom. The number of benzene rings is 1. The first-order valence-electron chi connectivity index (χ1n) is 8.03. The number of nitrogens with one attached hydrogen (secondary N) is 2. The van der Waals surface area contributed by atoms with Crippen molar-refractivity contribution in [2.45, 2.75) is 32.7 Å². The zero-order valence-corrected chi connectivity index (χ0v) is 14.7. The third-order valence-electron chi connectivity index (χ3n) is 3.39. The molecule has 24 heavy (non-hydrogen) atoms. The molecule has 0 unspecified atom stereocenters. The molecule has 2 N–H and O–H groups in total. The van der Waals surface area contributed by atoms with E-state index in [-0.39, 0.29) is 11.4 Å². The van der Waals surface area contributed by atoms with Crippen LogP contribution in [0, 0.1) is 0 Å². The van der Waals surface area contributed by atoms with Gasteiger partial charge in [0.15, 0.2) is 0 Å². The predicted octanol–water partition coefficient (Wildman–Crippen LogP) is 3.27. The molecular weight excluding hydrogens is 302 g/mol. The molecule has 0 fully saturated rings. The minimum atomic E-state index is -0.270. The summed E-state index contributed by atoms with van der Waals surface area (Å²) in [6.45, 7) is 6.63. The zero-order valence-electron chi connectivity index (χ0n) is 14.7. The Bertz CT molecular complexity index is 659. The highest BCUT2D eigenvalue weighted by molar-refractivity contribution is 5.92. The van der Waals surface area contributed by atoms with Crippen LogP contribution in [0.15, 0.2) is 42.6 Å². The largest absolute Gasteiger partial charge is 0.497 e. The molecule has 1 heterocycles. The fourth-order valence-corrected chi connectivity index (χ4v) is 2.18. The summed E-state index contributed by atoms with van der Waals surface area (Å²) < 4.78 is 5.15. The minimum absolute atomic E-state index is 0.160. The van der Waals surface area contributed by atoms with Gasteiger partial charge in [-0.2, -0.15) is 0 Å². The molecule has 5 nitrogen and oxygen atoms in total. The molecule has 0 aliphatic heterocycles. The molecule has 2 aromatic rings. The highest BCUT2D eigenvalue weighted by atomic mass is 16.5. The average molecular weight is 327 g/mol. The Morgan fingerprint density at radius 2 is 1.83 bits per heavy atom. The Balaban J connectivity index is 1.84. The molecule has 0 aliphatic carbocycles. The van der Waals surface area contributed by atoms with E-state index >= 15 is 0 Å². The Labute approximate surface area is 143 Å². The average Bonchev–Trinajstić information content (AvgIpc) is 2.54. The molecule has 1 aromatic heterocycles. The number of aromatic nitrogens is 1. The van der Waals surface area contributed by atoms with E-state index in [2.05, 4.69) is 27.8 Å². The van der Waals surface area contributed by atoms with Crippen molar-refractivity contribution in [1.29, 1.82) is 0 Å². The van der Waals surface area contributed by atoms with E-state index in [4.69, 9.17) is 4.74 Å². The second kappa shape index (κ2) is 7.81. The topological polar surface area (TPSA) is 63.2 Å². The fourth-order valence-electron chi connectivity index (χ4n) is 2.18. The van der Waals surface area contributed by atoms with E-state index in [1.807, 2.05) is 39.0 Å². The van der Waals surface area contributed by atoms with Crippen molar-refractivity contribution in [3.05, 3.63) is 53.9 Å². The van der Waals surface area contributed by atoms with Gasteiger partial charge in [-0.05, 0) is 57.0 Å². The van der Waals surface area contributed by atoms with Crippen molar-refractivity contribution in [3.63, 3.8) is 0 Å². The Hall–Kier alpha value is -2.56. The number of amides is 1. The van der Waals surface area contributed by atoms with E-state index < -0.39 is 0 Å². The number of ether oxygens (including phenoxy) is 1. The van der Waals surface area contributed by atoms with E-state index in [9.17, 15) is 4.79 Å². The Kier molecular flexibility index (Phi) is 5.79. The van der Waals surface area contributed by atoms with Crippen molar-refractivity contribution >= 4 is 11.6 Å². The third kappa shape index (κ3) is 5.57. The van der Waals surface area contributed by atoms with Gasteiger partial charge < -0.3 is 15.4 Å².